The van der Waals surface area contributed by atoms with E-state index in [4.69, 9.17) is 21.1 Å². The minimum atomic E-state index is -0.551. The number of aryl methyl sites for hydroxylation is 1. The molecule has 2 aromatic carbocycles. The molecule has 0 bridgehead atoms. The average molecular weight is 351 g/mol. The van der Waals surface area contributed by atoms with Gasteiger partial charge in [-0.15, -0.1) is 0 Å². The van der Waals surface area contributed by atoms with E-state index in [0.717, 1.165) is 0 Å². The quantitative estimate of drug-likeness (QED) is 0.653. The van der Waals surface area contributed by atoms with E-state index in [2.05, 4.69) is 5.32 Å². The second kappa shape index (κ2) is 7.18. The first-order valence-corrected chi connectivity index (χ1v) is 7.23. The predicted octanol–water partition coefficient (Wildman–Crippen LogP) is 3.83. The number of carbonyl (C=O) groups excluding carboxylic acids is 1. The van der Waals surface area contributed by atoms with Crippen LogP contribution in [0, 0.1) is 17.0 Å². The third kappa shape index (κ3) is 3.57. The zero-order valence-electron chi connectivity index (χ0n) is 13.3. The summed E-state index contributed by atoms with van der Waals surface area (Å²) in [7, 11) is 2.85. The summed E-state index contributed by atoms with van der Waals surface area (Å²) in [5, 5.41) is 13.8. The lowest BCUT2D eigenvalue weighted by molar-refractivity contribution is -0.384. The number of amides is 1. The molecule has 0 fully saturated rings. The van der Waals surface area contributed by atoms with Crippen molar-refractivity contribution in [3.8, 4) is 11.5 Å². The minimum absolute atomic E-state index is 0.0986. The number of nitrogens with zero attached hydrogens (tertiary/aromatic N) is 1. The highest BCUT2D eigenvalue weighted by Crippen LogP contribution is 2.36. The van der Waals surface area contributed by atoms with Gasteiger partial charge in [0, 0.05) is 11.6 Å². The van der Waals surface area contributed by atoms with Crippen LogP contribution in [-0.4, -0.2) is 25.1 Å². The van der Waals surface area contributed by atoms with E-state index in [9.17, 15) is 14.9 Å². The number of anilines is 1. The summed E-state index contributed by atoms with van der Waals surface area (Å²) in [6.45, 7) is 1.73. The van der Waals surface area contributed by atoms with Gasteiger partial charge in [0.2, 0.25) is 0 Å². The fourth-order valence-corrected chi connectivity index (χ4v) is 2.43. The van der Waals surface area contributed by atoms with Gasteiger partial charge in [0.1, 0.15) is 5.69 Å². The largest absolute Gasteiger partial charge is 0.493 e. The number of carbonyl (C=O) groups is 1. The highest BCUT2D eigenvalue weighted by molar-refractivity contribution is 6.32. The summed E-state index contributed by atoms with van der Waals surface area (Å²) in [5.41, 5.74) is 0.817. The predicted molar refractivity (Wildman–Crippen MR) is 90.3 cm³/mol. The molecule has 0 aliphatic carbocycles. The van der Waals surface area contributed by atoms with Crippen molar-refractivity contribution in [2.24, 2.45) is 0 Å². The first kappa shape index (κ1) is 17.6. The normalized spacial score (nSPS) is 10.2. The third-order valence-electron chi connectivity index (χ3n) is 3.29. The van der Waals surface area contributed by atoms with E-state index in [1.807, 2.05) is 0 Å². The fraction of sp³-hybridized carbons (Fsp3) is 0.188. The molecule has 0 spiro atoms. The molecule has 2 aromatic rings. The molecule has 2 rings (SSSR count). The van der Waals surface area contributed by atoms with Gasteiger partial charge in [-0.1, -0.05) is 17.7 Å². The van der Waals surface area contributed by atoms with Crippen LogP contribution >= 0.6 is 11.6 Å². The molecule has 7 nitrogen and oxygen atoms in total. The van der Waals surface area contributed by atoms with Crippen LogP contribution in [0.2, 0.25) is 5.02 Å². The molecule has 1 N–H and O–H groups in total. The fourth-order valence-electron chi connectivity index (χ4n) is 2.14. The first-order chi connectivity index (χ1) is 11.4. The number of methoxy groups -OCH3 is 2. The summed E-state index contributed by atoms with van der Waals surface area (Å²) >= 11 is 6.07. The van der Waals surface area contributed by atoms with Crippen molar-refractivity contribution in [2.75, 3.05) is 19.5 Å². The van der Waals surface area contributed by atoms with Gasteiger partial charge in [-0.05, 0) is 30.7 Å². The molecule has 126 valence electrons. The Labute approximate surface area is 143 Å². The number of hydrogen-bond donors (Lipinski definition) is 1. The summed E-state index contributed by atoms with van der Waals surface area (Å²) in [5.74, 6) is 0.0374. The molecule has 0 aromatic heterocycles. The van der Waals surface area contributed by atoms with Crippen molar-refractivity contribution in [3.63, 3.8) is 0 Å². The van der Waals surface area contributed by atoms with Crippen LogP contribution in [0.15, 0.2) is 30.3 Å². The second-order valence-corrected chi connectivity index (χ2v) is 5.33. The highest BCUT2D eigenvalue weighted by atomic mass is 35.5. The molecular weight excluding hydrogens is 336 g/mol. The van der Waals surface area contributed by atoms with E-state index in [0.29, 0.717) is 11.3 Å². The first-order valence-electron chi connectivity index (χ1n) is 6.85. The van der Waals surface area contributed by atoms with Gasteiger partial charge in [0.15, 0.2) is 11.5 Å². The molecule has 0 atom stereocenters. The van der Waals surface area contributed by atoms with Crippen molar-refractivity contribution in [3.05, 3.63) is 56.6 Å². The topological polar surface area (TPSA) is 90.7 Å². The lowest BCUT2D eigenvalue weighted by Crippen LogP contribution is -2.13. The summed E-state index contributed by atoms with van der Waals surface area (Å²) in [6.07, 6.45) is 0. The van der Waals surface area contributed by atoms with Gasteiger partial charge in [-0.2, -0.15) is 0 Å². The number of hydrogen-bond acceptors (Lipinski definition) is 5. The van der Waals surface area contributed by atoms with Crippen LogP contribution in [0.25, 0.3) is 0 Å². The van der Waals surface area contributed by atoms with Gasteiger partial charge in [0.05, 0.1) is 24.2 Å². The molecule has 0 aliphatic rings. The lowest BCUT2D eigenvalue weighted by Gasteiger charge is -2.12. The Kier molecular flexibility index (Phi) is 5.25. The molecule has 0 saturated carbocycles. The Morgan fingerprint density at radius 1 is 1.21 bits per heavy atom. The molecule has 0 heterocycles. The molecule has 24 heavy (non-hydrogen) atoms. The molecule has 8 heteroatoms. The Morgan fingerprint density at radius 3 is 2.50 bits per heavy atom. The van der Waals surface area contributed by atoms with E-state index in [1.54, 1.807) is 13.0 Å². The Bertz CT molecular complexity index is 807. The van der Waals surface area contributed by atoms with Gasteiger partial charge in [-0.3, -0.25) is 14.9 Å². The van der Waals surface area contributed by atoms with Crippen LogP contribution in [0.3, 0.4) is 0 Å². The maximum Gasteiger partial charge on any atom is 0.293 e. The monoisotopic (exact) mass is 350 g/mol. The summed E-state index contributed by atoms with van der Waals surface area (Å²) in [4.78, 5) is 23.0. The number of ether oxygens (including phenoxy) is 2. The van der Waals surface area contributed by atoms with Crippen molar-refractivity contribution in [1.82, 2.24) is 0 Å². The number of rotatable bonds is 5. The Balaban J connectivity index is 2.38. The number of benzene rings is 2. The second-order valence-electron chi connectivity index (χ2n) is 4.93. The van der Waals surface area contributed by atoms with Crippen LogP contribution in [0.5, 0.6) is 11.5 Å². The third-order valence-corrected chi connectivity index (χ3v) is 3.57. The van der Waals surface area contributed by atoms with Crippen LogP contribution < -0.4 is 14.8 Å². The Hall–Kier alpha value is -2.80. The highest BCUT2D eigenvalue weighted by Gasteiger charge is 2.19. The van der Waals surface area contributed by atoms with E-state index < -0.39 is 10.8 Å². The van der Waals surface area contributed by atoms with Crippen molar-refractivity contribution < 1.29 is 19.2 Å². The summed E-state index contributed by atoms with van der Waals surface area (Å²) < 4.78 is 10.2. The maximum atomic E-state index is 12.4. The van der Waals surface area contributed by atoms with Crippen LogP contribution in [0.1, 0.15) is 15.9 Å². The molecule has 0 radical (unpaired) electrons. The number of nitro benzene ring substituents is 1. The molecular formula is C16H15ClN2O5. The van der Waals surface area contributed by atoms with E-state index in [1.165, 1.54) is 38.5 Å². The van der Waals surface area contributed by atoms with Crippen LogP contribution in [0.4, 0.5) is 11.4 Å². The van der Waals surface area contributed by atoms with Gasteiger partial charge >= 0.3 is 0 Å². The van der Waals surface area contributed by atoms with Crippen LogP contribution in [-0.2, 0) is 0 Å². The van der Waals surface area contributed by atoms with Crippen molar-refractivity contribution in [1.29, 1.82) is 0 Å². The molecule has 1 amide bonds. The number of nitro groups is 1. The van der Waals surface area contributed by atoms with Gasteiger partial charge in [-0.25, -0.2) is 0 Å². The molecule has 0 unspecified atom stereocenters. The number of nitrogens with one attached hydrogen (secondary N) is 1. The van der Waals surface area contributed by atoms with Crippen molar-refractivity contribution in [2.45, 2.75) is 6.92 Å². The zero-order chi connectivity index (χ0) is 17.9. The van der Waals surface area contributed by atoms with Gasteiger partial charge < -0.3 is 14.8 Å². The average Bonchev–Trinajstić information content (AvgIpc) is 2.55. The number of halogens is 1. The molecule has 0 saturated heterocycles. The summed E-state index contributed by atoms with van der Waals surface area (Å²) in [6, 6.07) is 7.38. The smallest absolute Gasteiger partial charge is 0.293 e. The Morgan fingerprint density at radius 2 is 1.92 bits per heavy atom. The maximum absolute atomic E-state index is 12.4. The zero-order valence-corrected chi connectivity index (χ0v) is 14.0. The van der Waals surface area contributed by atoms with Crippen molar-refractivity contribution >= 4 is 28.9 Å². The van der Waals surface area contributed by atoms with Gasteiger partial charge in [0.25, 0.3) is 11.6 Å². The lowest BCUT2D eigenvalue weighted by atomic mass is 10.1. The SMILES string of the molecule is COc1cc(C(=O)Nc2ccc(C)cc2[N+](=O)[O-])cc(Cl)c1OC. The molecule has 0 aliphatic heterocycles. The minimum Gasteiger partial charge on any atom is -0.493 e. The van der Waals surface area contributed by atoms with E-state index in [-0.39, 0.29) is 27.7 Å². The standard InChI is InChI=1S/C16H15ClN2O5/c1-9-4-5-12(13(6-9)19(21)22)18-16(20)10-7-11(17)15(24-3)14(8-10)23-2/h4-8H,1-3H3,(H,18,20). The van der Waals surface area contributed by atoms with E-state index >= 15 is 0 Å².